The zero-order valence-corrected chi connectivity index (χ0v) is 22.7. The maximum absolute atomic E-state index is 13.9. The van der Waals surface area contributed by atoms with Gasteiger partial charge in [-0.1, -0.05) is 84.4 Å². The van der Waals surface area contributed by atoms with Crippen LogP contribution in [0.15, 0.2) is 110 Å². The molecule has 0 saturated carbocycles. The first-order chi connectivity index (χ1) is 19.5. The fraction of sp³-hybridized carbons (Fsp3) is 0.152. The number of halogens is 1. The number of hydrogen-bond acceptors (Lipinski definition) is 4. The van der Waals surface area contributed by atoms with Crippen molar-refractivity contribution in [3.05, 3.63) is 131 Å². The molecule has 6 nitrogen and oxygen atoms in total. The van der Waals surface area contributed by atoms with Crippen molar-refractivity contribution in [2.75, 3.05) is 29.9 Å². The van der Waals surface area contributed by atoms with Crippen LogP contribution in [0.2, 0.25) is 5.02 Å². The molecule has 40 heavy (non-hydrogen) atoms. The molecule has 4 aromatic rings. The number of anilines is 2. The maximum Gasteiger partial charge on any atom is 0.259 e. The first-order valence-electron chi connectivity index (χ1n) is 13.1. The molecule has 202 valence electrons. The zero-order chi connectivity index (χ0) is 28.1. The highest BCUT2D eigenvalue weighted by molar-refractivity contribution is 6.35. The van der Waals surface area contributed by atoms with Gasteiger partial charge in [0.1, 0.15) is 0 Å². The van der Waals surface area contributed by atoms with Crippen LogP contribution in [-0.2, 0) is 6.54 Å². The third-order valence-corrected chi connectivity index (χ3v) is 7.41. The summed E-state index contributed by atoms with van der Waals surface area (Å²) in [5, 5.41) is 13.3. The molecule has 4 aromatic carbocycles. The third kappa shape index (κ3) is 5.70. The number of nitrogens with one attached hydrogen (secondary N) is 1. The van der Waals surface area contributed by atoms with Gasteiger partial charge in [-0.05, 0) is 47.0 Å². The third-order valence-electron chi connectivity index (χ3n) is 7.10. The van der Waals surface area contributed by atoms with E-state index in [0.29, 0.717) is 36.4 Å². The van der Waals surface area contributed by atoms with Gasteiger partial charge in [-0.25, -0.2) is 0 Å². The van der Waals surface area contributed by atoms with E-state index in [9.17, 15) is 14.7 Å². The van der Waals surface area contributed by atoms with Gasteiger partial charge >= 0.3 is 0 Å². The Morgan fingerprint density at radius 2 is 1.68 bits per heavy atom. The average molecular weight is 552 g/mol. The molecule has 0 spiro atoms. The van der Waals surface area contributed by atoms with E-state index in [2.05, 4.69) is 16.8 Å². The second-order valence-electron chi connectivity index (χ2n) is 9.66. The summed E-state index contributed by atoms with van der Waals surface area (Å²) in [4.78, 5) is 30.9. The summed E-state index contributed by atoms with van der Waals surface area (Å²) in [7, 11) is 0. The predicted octanol–water partition coefficient (Wildman–Crippen LogP) is 6.27. The van der Waals surface area contributed by atoms with Crippen molar-refractivity contribution in [1.82, 2.24) is 4.90 Å². The molecule has 0 fully saturated rings. The number of benzene rings is 4. The number of para-hydroxylation sites is 1. The molecular formula is C33H30ClN3O3. The molecule has 0 bridgehead atoms. The van der Waals surface area contributed by atoms with E-state index in [-0.39, 0.29) is 29.5 Å². The minimum Gasteiger partial charge on any atom is -0.395 e. The Kier molecular flexibility index (Phi) is 8.41. The smallest absolute Gasteiger partial charge is 0.259 e. The summed E-state index contributed by atoms with van der Waals surface area (Å²) in [5.41, 5.74) is 4.85. The van der Waals surface area contributed by atoms with E-state index >= 15 is 0 Å². The minimum atomic E-state index is -0.274. The van der Waals surface area contributed by atoms with Gasteiger partial charge in [0.2, 0.25) is 0 Å². The summed E-state index contributed by atoms with van der Waals surface area (Å²) >= 11 is 6.64. The van der Waals surface area contributed by atoms with Crippen LogP contribution in [0, 0.1) is 0 Å². The number of hydrogen-bond donors (Lipinski definition) is 2. The lowest BCUT2D eigenvalue weighted by Gasteiger charge is -2.30. The van der Waals surface area contributed by atoms with E-state index in [4.69, 9.17) is 11.6 Å². The minimum absolute atomic E-state index is 0.102. The molecule has 1 atom stereocenters. The molecule has 1 aliphatic rings. The lowest BCUT2D eigenvalue weighted by molar-refractivity contribution is 0.0959. The van der Waals surface area contributed by atoms with Gasteiger partial charge in [-0.3, -0.25) is 14.5 Å². The van der Waals surface area contributed by atoms with Crippen molar-refractivity contribution in [2.24, 2.45) is 0 Å². The van der Waals surface area contributed by atoms with E-state index in [0.717, 1.165) is 22.4 Å². The van der Waals surface area contributed by atoms with Gasteiger partial charge in [0.25, 0.3) is 11.8 Å². The van der Waals surface area contributed by atoms with Crippen LogP contribution in [0.3, 0.4) is 0 Å². The largest absolute Gasteiger partial charge is 0.395 e. The van der Waals surface area contributed by atoms with Crippen LogP contribution in [0.5, 0.6) is 0 Å². The molecule has 7 heteroatoms. The number of amides is 2. The second-order valence-corrected chi connectivity index (χ2v) is 10.1. The highest BCUT2D eigenvalue weighted by Crippen LogP contribution is 2.31. The summed E-state index contributed by atoms with van der Waals surface area (Å²) in [6.07, 6.45) is 1.80. The number of carbonyl (C=O) groups is 2. The van der Waals surface area contributed by atoms with Crippen LogP contribution < -0.4 is 10.2 Å². The SMILES string of the molecule is C=CCN1Cc2ccccc2N(C(=O)c2ccc(NC(=O)c3ccccc3-c3ccccc3)cc2Cl)C[C@H]1CO. The molecule has 2 N–H and O–H groups in total. The van der Waals surface area contributed by atoms with Gasteiger partial charge < -0.3 is 15.3 Å². The fourth-order valence-electron chi connectivity index (χ4n) is 5.09. The van der Waals surface area contributed by atoms with Crippen LogP contribution in [0.1, 0.15) is 26.3 Å². The number of aliphatic hydroxyl groups excluding tert-OH is 1. The van der Waals surface area contributed by atoms with Crippen molar-refractivity contribution in [3.8, 4) is 11.1 Å². The number of carbonyl (C=O) groups excluding carboxylic acids is 2. The Balaban J connectivity index is 1.40. The van der Waals surface area contributed by atoms with Gasteiger partial charge in [0.15, 0.2) is 0 Å². The topological polar surface area (TPSA) is 72.9 Å². The first-order valence-corrected chi connectivity index (χ1v) is 13.5. The van der Waals surface area contributed by atoms with Gasteiger partial charge in [0, 0.05) is 36.6 Å². The lowest BCUT2D eigenvalue weighted by atomic mass is 9.99. The van der Waals surface area contributed by atoms with E-state index in [1.807, 2.05) is 72.8 Å². The monoisotopic (exact) mass is 551 g/mol. The molecule has 0 radical (unpaired) electrons. The summed E-state index contributed by atoms with van der Waals surface area (Å²) in [5.74, 6) is -0.548. The Hall–Kier alpha value is -4.23. The summed E-state index contributed by atoms with van der Waals surface area (Å²) in [6, 6.07) is 29.5. The van der Waals surface area contributed by atoms with Crippen molar-refractivity contribution in [1.29, 1.82) is 0 Å². The number of nitrogens with zero attached hydrogens (tertiary/aromatic N) is 2. The molecule has 5 rings (SSSR count). The second kappa shape index (κ2) is 12.3. The summed E-state index contributed by atoms with van der Waals surface area (Å²) in [6.45, 7) is 5.21. The van der Waals surface area contributed by atoms with Crippen LogP contribution >= 0.6 is 11.6 Å². The van der Waals surface area contributed by atoms with E-state index < -0.39 is 0 Å². The maximum atomic E-state index is 13.9. The van der Waals surface area contributed by atoms with E-state index in [1.165, 1.54) is 0 Å². The Bertz CT molecular complexity index is 1540. The van der Waals surface area contributed by atoms with Gasteiger partial charge in [-0.15, -0.1) is 6.58 Å². The molecule has 0 aliphatic carbocycles. The van der Waals surface area contributed by atoms with Crippen LogP contribution in [0.25, 0.3) is 11.1 Å². The zero-order valence-electron chi connectivity index (χ0n) is 22.0. The molecule has 1 aliphatic heterocycles. The fourth-order valence-corrected chi connectivity index (χ4v) is 5.35. The number of fused-ring (bicyclic) bond motifs is 1. The quantitative estimate of drug-likeness (QED) is 0.266. The standard InChI is InChI=1S/C33H30ClN3O3/c1-2-18-36-20-24-12-6-9-15-31(24)37(21-26(36)22-38)33(40)29-17-16-25(19-30(29)34)35-32(39)28-14-8-7-13-27(28)23-10-4-3-5-11-23/h2-17,19,26,38H,1,18,20-22H2,(H,35,39)/t26-/m0/s1. The van der Waals surface area contributed by atoms with E-state index in [1.54, 1.807) is 35.2 Å². The Morgan fingerprint density at radius 1 is 0.950 bits per heavy atom. The Labute approximate surface area is 239 Å². The van der Waals surface area contributed by atoms with Gasteiger partial charge in [0.05, 0.1) is 23.2 Å². The van der Waals surface area contributed by atoms with Crippen molar-refractivity contribution < 1.29 is 14.7 Å². The molecule has 0 saturated heterocycles. The average Bonchev–Trinajstić information content (AvgIpc) is 3.14. The van der Waals surface area contributed by atoms with Crippen LogP contribution in [0.4, 0.5) is 11.4 Å². The van der Waals surface area contributed by atoms with Crippen molar-refractivity contribution >= 4 is 34.8 Å². The first kappa shape index (κ1) is 27.3. The Morgan fingerprint density at radius 3 is 2.42 bits per heavy atom. The predicted molar refractivity (Wildman–Crippen MR) is 161 cm³/mol. The number of aliphatic hydroxyl groups is 1. The van der Waals surface area contributed by atoms with Crippen molar-refractivity contribution in [2.45, 2.75) is 12.6 Å². The number of rotatable bonds is 7. The lowest BCUT2D eigenvalue weighted by Crippen LogP contribution is -2.45. The highest BCUT2D eigenvalue weighted by Gasteiger charge is 2.31. The van der Waals surface area contributed by atoms with Gasteiger partial charge in [-0.2, -0.15) is 0 Å². The molecule has 1 heterocycles. The summed E-state index contributed by atoms with van der Waals surface area (Å²) < 4.78 is 0. The van der Waals surface area contributed by atoms with Crippen LogP contribution in [-0.4, -0.2) is 47.6 Å². The molecular weight excluding hydrogens is 522 g/mol. The molecule has 0 aromatic heterocycles. The highest BCUT2D eigenvalue weighted by atomic mass is 35.5. The van der Waals surface area contributed by atoms with Crippen molar-refractivity contribution in [3.63, 3.8) is 0 Å². The molecule has 0 unspecified atom stereocenters. The normalized spacial score (nSPS) is 15.2. The molecule has 2 amide bonds.